The van der Waals surface area contributed by atoms with Crippen molar-refractivity contribution in [3.63, 3.8) is 0 Å². The topological polar surface area (TPSA) is 46.5 Å². The molecule has 0 amide bonds. The summed E-state index contributed by atoms with van der Waals surface area (Å²) in [7, 11) is 1.62. The summed E-state index contributed by atoms with van der Waals surface area (Å²) < 4.78 is 6.03. The van der Waals surface area contributed by atoms with Crippen LogP contribution in [0.15, 0.2) is 22.7 Å². The molecular weight excluding hydrogens is 260 g/mol. The van der Waals surface area contributed by atoms with E-state index in [9.17, 15) is 4.79 Å². The number of carboxylic acid groups (broad SMARTS) is 1. The molecule has 0 saturated heterocycles. The predicted octanol–water partition coefficient (Wildman–Crippen LogP) is 2.87. The zero-order valence-corrected chi connectivity index (χ0v) is 10.1. The van der Waals surface area contributed by atoms with E-state index < -0.39 is 5.97 Å². The van der Waals surface area contributed by atoms with Crippen LogP contribution in [0.3, 0.4) is 0 Å². The Hall–Kier alpha value is -1.03. The zero-order chi connectivity index (χ0) is 11.3. The summed E-state index contributed by atoms with van der Waals surface area (Å²) in [5.41, 5.74) is 1.11. The van der Waals surface area contributed by atoms with Crippen LogP contribution >= 0.6 is 15.9 Å². The maximum absolute atomic E-state index is 10.3. The van der Waals surface area contributed by atoms with E-state index in [-0.39, 0.29) is 6.42 Å². The molecule has 1 rings (SSSR count). The fraction of sp³-hybridized carbons (Fsp3) is 0.364. The summed E-state index contributed by atoms with van der Waals surface area (Å²) in [6, 6.07) is 5.71. The molecule has 3 nitrogen and oxygen atoms in total. The van der Waals surface area contributed by atoms with E-state index in [1.54, 1.807) is 7.11 Å². The summed E-state index contributed by atoms with van der Waals surface area (Å²) in [5, 5.41) is 8.51. The number of rotatable bonds is 5. The van der Waals surface area contributed by atoms with Crippen molar-refractivity contribution in [2.75, 3.05) is 7.11 Å². The number of halogens is 1. The summed E-state index contributed by atoms with van der Waals surface area (Å²) in [6.07, 6.45) is 1.62. The third-order valence-electron chi connectivity index (χ3n) is 2.10. The first-order valence-electron chi connectivity index (χ1n) is 4.67. The molecule has 0 heterocycles. The third kappa shape index (κ3) is 3.91. The lowest BCUT2D eigenvalue weighted by molar-refractivity contribution is -0.137. The summed E-state index contributed by atoms with van der Waals surface area (Å²) >= 11 is 3.43. The summed E-state index contributed by atoms with van der Waals surface area (Å²) in [5.74, 6) is 0.0449. The molecule has 0 bridgehead atoms. The van der Waals surface area contributed by atoms with E-state index in [1.807, 2.05) is 18.2 Å². The van der Waals surface area contributed by atoms with Crippen LogP contribution in [0.2, 0.25) is 0 Å². The maximum atomic E-state index is 10.3. The van der Waals surface area contributed by atoms with E-state index in [0.717, 1.165) is 22.2 Å². The highest BCUT2D eigenvalue weighted by Gasteiger charge is 2.03. The monoisotopic (exact) mass is 272 g/mol. The van der Waals surface area contributed by atoms with Crippen molar-refractivity contribution in [1.82, 2.24) is 0 Å². The van der Waals surface area contributed by atoms with Crippen LogP contribution in [0.5, 0.6) is 5.75 Å². The van der Waals surface area contributed by atoms with Crippen molar-refractivity contribution in [1.29, 1.82) is 0 Å². The number of carbonyl (C=O) groups is 1. The lowest BCUT2D eigenvalue weighted by Gasteiger charge is -2.05. The molecule has 15 heavy (non-hydrogen) atoms. The molecule has 0 radical (unpaired) electrons. The van der Waals surface area contributed by atoms with Gasteiger partial charge >= 0.3 is 5.97 Å². The molecule has 0 aromatic heterocycles. The van der Waals surface area contributed by atoms with E-state index in [1.165, 1.54) is 0 Å². The molecule has 0 aliphatic rings. The Balaban J connectivity index is 2.58. The normalized spacial score (nSPS) is 10.0. The first-order valence-corrected chi connectivity index (χ1v) is 5.47. The predicted molar refractivity (Wildman–Crippen MR) is 61.3 cm³/mol. The van der Waals surface area contributed by atoms with Crippen molar-refractivity contribution >= 4 is 21.9 Å². The van der Waals surface area contributed by atoms with Gasteiger partial charge < -0.3 is 9.84 Å². The molecule has 0 unspecified atom stereocenters. The average molecular weight is 273 g/mol. The molecule has 82 valence electrons. The number of hydrogen-bond donors (Lipinski definition) is 1. The highest BCUT2D eigenvalue weighted by molar-refractivity contribution is 9.10. The van der Waals surface area contributed by atoms with Crippen LogP contribution in [-0.4, -0.2) is 18.2 Å². The molecule has 0 aliphatic heterocycles. The fourth-order valence-electron chi connectivity index (χ4n) is 1.29. The maximum Gasteiger partial charge on any atom is 0.303 e. The standard InChI is InChI=1S/C11H13BrO3/c1-15-9-6-5-8(10(12)7-9)3-2-4-11(13)14/h5-7H,2-4H2,1H3,(H,13,14). The van der Waals surface area contributed by atoms with Gasteiger partial charge in [0.1, 0.15) is 5.75 Å². The SMILES string of the molecule is COc1ccc(CCCC(=O)O)c(Br)c1. The van der Waals surface area contributed by atoms with E-state index in [2.05, 4.69) is 15.9 Å². The number of aryl methyl sites for hydroxylation is 1. The Morgan fingerprint density at radius 1 is 1.53 bits per heavy atom. The van der Waals surface area contributed by atoms with Gasteiger partial charge in [0.05, 0.1) is 7.11 Å². The summed E-state index contributed by atoms with van der Waals surface area (Å²) in [6.45, 7) is 0. The average Bonchev–Trinajstić information content (AvgIpc) is 2.20. The van der Waals surface area contributed by atoms with E-state index in [4.69, 9.17) is 9.84 Å². The Labute approximate surface area is 97.2 Å². The minimum atomic E-state index is -0.750. The van der Waals surface area contributed by atoms with E-state index >= 15 is 0 Å². The Morgan fingerprint density at radius 2 is 2.27 bits per heavy atom. The fourth-order valence-corrected chi connectivity index (χ4v) is 1.84. The van der Waals surface area contributed by atoms with Crippen molar-refractivity contribution in [3.05, 3.63) is 28.2 Å². The number of ether oxygens (including phenoxy) is 1. The lowest BCUT2D eigenvalue weighted by Crippen LogP contribution is -1.96. The second-order valence-corrected chi connectivity index (χ2v) is 4.06. The van der Waals surface area contributed by atoms with Crippen molar-refractivity contribution in [2.45, 2.75) is 19.3 Å². The van der Waals surface area contributed by atoms with Gasteiger partial charge in [0.15, 0.2) is 0 Å². The first-order chi connectivity index (χ1) is 7.13. The van der Waals surface area contributed by atoms with Gasteiger partial charge in [-0.05, 0) is 30.5 Å². The Morgan fingerprint density at radius 3 is 2.80 bits per heavy atom. The van der Waals surface area contributed by atoms with Crippen molar-refractivity contribution < 1.29 is 14.6 Å². The smallest absolute Gasteiger partial charge is 0.303 e. The number of aliphatic carboxylic acids is 1. The number of hydrogen-bond acceptors (Lipinski definition) is 2. The number of methoxy groups -OCH3 is 1. The van der Waals surface area contributed by atoms with Crippen molar-refractivity contribution in [2.24, 2.45) is 0 Å². The highest BCUT2D eigenvalue weighted by Crippen LogP contribution is 2.24. The van der Waals surface area contributed by atoms with Gasteiger partial charge in [-0.15, -0.1) is 0 Å². The van der Waals surface area contributed by atoms with Crippen LogP contribution < -0.4 is 4.74 Å². The van der Waals surface area contributed by atoms with Crippen molar-refractivity contribution in [3.8, 4) is 5.75 Å². The quantitative estimate of drug-likeness (QED) is 0.897. The van der Waals surface area contributed by atoms with Crippen LogP contribution in [0.1, 0.15) is 18.4 Å². The molecule has 1 aromatic carbocycles. The molecule has 0 aliphatic carbocycles. The van der Waals surface area contributed by atoms with Gasteiger partial charge in [-0.2, -0.15) is 0 Å². The second-order valence-electron chi connectivity index (χ2n) is 3.20. The number of benzene rings is 1. The lowest BCUT2D eigenvalue weighted by atomic mass is 10.1. The van der Waals surface area contributed by atoms with Crippen LogP contribution in [0, 0.1) is 0 Å². The van der Waals surface area contributed by atoms with Gasteiger partial charge in [0.2, 0.25) is 0 Å². The van der Waals surface area contributed by atoms with Gasteiger partial charge in [-0.3, -0.25) is 4.79 Å². The number of carboxylic acids is 1. The minimum Gasteiger partial charge on any atom is -0.497 e. The van der Waals surface area contributed by atoms with E-state index in [0.29, 0.717) is 6.42 Å². The molecular formula is C11H13BrO3. The van der Waals surface area contributed by atoms with Gasteiger partial charge in [-0.1, -0.05) is 22.0 Å². The summed E-state index contributed by atoms with van der Waals surface area (Å²) in [4.78, 5) is 10.3. The molecule has 0 saturated carbocycles. The molecule has 1 N–H and O–H groups in total. The molecule has 0 spiro atoms. The van der Waals surface area contributed by atoms with Crippen LogP contribution in [0.4, 0.5) is 0 Å². The molecule has 0 fully saturated rings. The van der Waals surface area contributed by atoms with Gasteiger partial charge in [0, 0.05) is 10.9 Å². The highest BCUT2D eigenvalue weighted by atomic mass is 79.9. The largest absolute Gasteiger partial charge is 0.497 e. The third-order valence-corrected chi connectivity index (χ3v) is 2.84. The van der Waals surface area contributed by atoms with Gasteiger partial charge in [0.25, 0.3) is 0 Å². The minimum absolute atomic E-state index is 0.207. The molecule has 1 aromatic rings. The Kier molecular flexibility index (Phi) is 4.62. The molecule has 0 atom stereocenters. The molecule has 4 heteroatoms. The zero-order valence-electron chi connectivity index (χ0n) is 8.50. The Bertz CT molecular complexity index is 350. The first kappa shape index (κ1) is 12.0. The van der Waals surface area contributed by atoms with Crippen LogP contribution in [0.25, 0.3) is 0 Å². The van der Waals surface area contributed by atoms with Gasteiger partial charge in [-0.25, -0.2) is 0 Å². The van der Waals surface area contributed by atoms with Crippen LogP contribution in [-0.2, 0) is 11.2 Å². The second kappa shape index (κ2) is 5.75.